The van der Waals surface area contributed by atoms with Gasteiger partial charge < -0.3 is 10.4 Å². The molecule has 1 atom stereocenters. The molecule has 1 aromatic carbocycles. The molecule has 2 N–H and O–H groups in total. The van der Waals surface area contributed by atoms with Crippen molar-refractivity contribution in [2.75, 3.05) is 5.75 Å². The van der Waals surface area contributed by atoms with E-state index < -0.39 is 47.4 Å². The number of nitrogens with one attached hydrogen (secondary N) is 1. The molecule has 0 aromatic heterocycles. The van der Waals surface area contributed by atoms with Gasteiger partial charge in [0.1, 0.15) is 0 Å². The molecule has 4 nitrogen and oxygen atoms in total. The van der Waals surface area contributed by atoms with Crippen LogP contribution in [0.15, 0.2) is 24.3 Å². The van der Waals surface area contributed by atoms with Crippen LogP contribution in [0.2, 0.25) is 5.02 Å². The molecule has 0 saturated carbocycles. The van der Waals surface area contributed by atoms with E-state index in [1.807, 2.05) is 0 Å². The molecule has 0 spiro atoms. The monoisotopic (exact) mass is 341 g/mol. The first-order valence-corrected chi connectivity index (χ1v) is 7.01. The molecule has 0 fully saturated rings. The van der Waals surface area contributed by atoms with Gasteiger partial charge in [0.2, 0.25) is 5.91 Å². The largest absolute Gasteiger partial charge is 0.481 e. The third-order valence-corrected chi connectivity index (χ3v) is 3.34. The highest BCUT2D eigenvalue weighted by molar-refractivity contribution is 8.00. The molecule has 1 rings (SSSR count). The average Bonchev–Trinajstić information content (AvgIpc) is 2.35. The molecule has 0 unspecified atom stereocenters. The lowest BCUT2D eigenvalue weighted by Gasteiger charge is -2.17. The minimum atomic E-state index is -4.51. The van der Waals surface area contributed by atoms with Crippen LogP contribution >= 0.6 is 23.4 Å². The van der Waals surface area contributed by atoms with E-state index in [2.05, 4.69) is 5.32 Å². The van der Waals surface area contributed by atoms with Crippen LogP contribution in [0.3, 0.4) is 0 Å². The number of thioether (sulfide) groups is 1. The fourth-order valence-corrected chi connectivity index (χ4v) is 2.01. The molecule has 0 saturated heterocycles. The summed E-state index contributed by atoms with van der Waals surface area (Å²) in [7, 11) is 0. The number of hydrogen-bond acceptors (Lipinski definition) is 3. The van der Waals surface area contributed by atoms with Gasteiger partial charge >= 0.3 is 11.5 Å². The Kier molecular flexibility index (Phi) is 6.35. The van der Waals surface area contributed by atoms with Gasteiger partial charge in [0.25, 0.3) is 0 Å². The third-order valence-electron chi connectivity index (χ3n) is 2.35. The van der Waals surface area contributed by atoms with Crippen molar-refractivity contribution in [1.82, 2.24) is 5.32 Å². The van der Waals surface area contributed by atoms with Gasteiger partial charge in [-0.1, -0.05) is 23.7 Å². The maximum Gasteiger partial charge on any atom is 0.442 e. The van der Waals surface area contributed by atoms with Gasteiger partial charge in [-0.05, 0) is 29.5 Å². The van der Waals surface area contributed by atoms with Crippen LogP contribution in [0.1, 0.15) is 18.0 Å². The standard InChI is InChI=1S/C12H11ClF3NO3S/c13-8-3-1-7(2-4-8)9(5-11(19)20)17-10(18)6-21-12(14,15)16/h1-4,9H,5-6H2,(H,17,18)(H,19,20)/t9-/m0/s1. The zero-order valence-electron chi connectivity index (χ0n) is 10.5. The number of hydrogen-bond donors (Lipinski definition) is 2. The first-order valence-electron chi connectivity index (χ1n) is 5.64. The van der Waals surface area contributed by atoms with Crippen molar-refractivity contribution in [3.8, 4) is 0 Å². The van der Waals surface area contributed by atoms with E-state index in [1.54, 1.807) is 0 Å². The summed E-state index contributed by atoms with van der Waals surface area (Å²) in [6.07, 6.45) is -0.440. The number of halogens is 4. The lowest BCUT2D eigenvalue weighted by molar-refractivity contribution is -0.137. The number of aliphatic carboxylic acids is 1. The van der Waals surface area contributed by atoms with Crippen LogP contribution in [-0.4, -0.2) is 28.2 Å². The van der Waals surface area contributed by atoms with E-state index in [0.29, 0.717) is 10.6 Å². The molecule has 9 heteroatoms. The summed E-state index contributed by atoms with van der Waals surface area (Å²) in [6.45, 7) is 0. The van der Waals surface area contributed by atoms with Crippen molar-refractivity contribution in [3.63, 3.8) is 0 Å². The lowest BCUT2D eigenvalue weighted by Crippen LogP contribution is -2.32. The average molecular weight is 342 g/mol. The number of carboxylic acids is 1. The Balaban J connectivity index is 2.72. The second-order valence-electron chi connectivity index (χ2n) is 4.00. The van der Waals surface area contributed by atoms with Gasteiger partial charge in [0.05, 0.1) is 18.2 Å². The molecule has 0 heterocycles. The zero-order valence-corrected chi connectivity index (χ0v) is 12.1. The second kappa shape index (κ2) is 7.56. The number of carbonyl (C=O) groups is 2. The van der Waals surface area contributed by atoms with Crippen LogP contribution in [0.4, 0.5) is 13.2 Å². The highest BCUT2D eigenvalue weighted by Gasteiger charge is 2.30. The first-order chi connectivity index (χ1) is 9.67. The summed E-state index contributed by atoms with van der Waals surface area (Å²) in [5, 5.41) is 11.5. The van der Waals surface area contributed by atoms with Gasteiger partial charge in [-0.3, -0.25) is 9.59 Å². The van der Waals surface area contributed by atoms with E-state index in [9.17, 15) is 22.8 Å². The predicted molar refractivity (Wildman–Crippen MR) is 73.1 cm³/mol. The number of alkyl halides is 3. The summed E-state index contributed by atoms with van der Waals surface area (Å²) >= 11 is 5.22. The Bertz CT molecular complexity index is 507. The summed E-state index contributed by atoms with van der Waals surface area (Å²) in [5.41, 5.74) is -4.06. The van der Waals surface area contributed by atoms with Gasteiger partial charge in [-0.15, -0.1) is 0 Å². The molecule has 1 aromatic rings. The highest BCUT2D eigenvalue weighted by Crippen LogP contribution is 2.30. The quantitative estimate of drug-likeness (QED) is 0.833. The van der Waals surface area contributed by atoms with Crippen molar-refractivity contribution in [1.29, 1.82) is 0 Å². The topological polar surface area (TPSA) is 66.4 Å². The second-order valence-corrected chi connectivity index (χ2v) is 5.48. The van der Waals surface area contributed by atoms with Crippen molar-refractivity contribution >= 4 is 35.2 Å². The molecular formula is C12H11ClF3NO3S. The number of carboxylic acid groups (broad SMARTS) is 1. The molecule has 21 heavy (non-hydrogen) atoms. The Hall–Kier alpha value is -1.41. The van der Waals surface area contributed by atoms with Crippen LogP contribution in [0.25, 0.3) is 0 Å². The Morgan fingerprint density at radius 1 is 1.29 bits per heavy atom. The SMILES string of the molecule is O=C(O)C[C@H](NC(=O)CSC(F)(F)F)c1ccc(Cl)cc1. The number of amides is 1. The predicted octanol–water partition coefficient (Wildman–Crippen LogP) is 3.23. The molecule has 116 valence electrons. The summed E-state index contributed by atoms with van der Waals surface area (Å²) < 4.78 is 36.0. The fraction of sp³-hybridized carbons (Fsp3) is 0.333. The Morgan fingerprint density at radius 3 is 2.33 bits per heavy atom. The minimum Gasteiger partial charge on any atom is -0.481 e. The molecule has 0 bridgehead atoms. The number of rotatable bonds is 6. The molecule has 1 amide bonds. The van der Waals surface area contributed by atoms with Crippen molar-refractivity contribution in [2.45, 2.75) is 18.0 Å². The van der Waals surface area contributed by atoms with Crippen molar-refractivity contribution in [2.24, 2.45) is 0 Å². The van der Waals surface area contributed by atoms with Gasteiger partial charge in [0.15, 0.2) is 0 Å². The zero-order chi connectivity index (χ0) is 16.0. The smallest absolute Gasteiger partial charge is 0.442 e. The molecule has 0 aliphatic rings. The summed E-state index contributed by atoms with van der Waals surface area (Å²) in [4.78, 5) is 22.3. The van der Waals surface area contributed by atoms with Crippen LogP contribution in [0, 0.1) is 0 Å². The lowest BCUT2D eigenvalue weighted by atomic mass is 10.0. The van der Waals surface area contributed by atoms with Gasteiger partial charge in [0, 0.05) is 5.02 Å². The highest BCUT2D eigenvalue weighted by atomic mass is 35.5. The van der Waals surface area contributed by atoms with Crippen molar-refractivity contribution < 1.29 is 27.9 Å². The maximum atomic E-state index is 12.0. The van der Waals surface area contributed by atoms with E-state index in [-0.39, 0.29) is 0 Å². The van der Waals surface area contributed by atoms with Crippen LogP contribution < -0.4 is 5.32 Å². The van der Waals surface area contributed by atoms with E-state index >= 15 is 0 Å². The minimum absolute atomic E-state index is 0.423. The van der Waals surface area contributed by atoms with Crippen LogP contribution in [-0.2, 0) is 9.59 Å². The molecule has 0 aliphatic carbocycles. The normalized spacial score (nSPS) is 12.8. The molecule has 0 aliphatic heterocycles. The first kappa shape index (κ1) is 17.6. The number of benzene rings is 1. The van der Waals surface area contributed by atoms with Gasteiger partial charge in [-0.25, -0.2) is 0 Å². The molecular weight excluding hydrogens is 331 g/mol. The van der Waals surface area contributed by atoms with E-state index in [1.165, 1.54) is 24.3 Å². The van der Waals surface area contributed by atoms with Gasteiger partial charge in [-0.2, -0.15) is 13.2 Å². The van der Waals surface area contributed by atoms with Crippen LogP contribution in [0.5, 0.6) is 0 Å². The summed E-state index contributed by atoms with van der Waals surface area (Å²) in [6, 6.07) is 5.10. The van der Waals surface area contributed by atoms with E-state index in [0.717, 1.165) is 0 Å². The third kappa shape index (κ3) is 7.24. The Morgan fingerprint density at radius 2 is 1.86 bits per heavy atom. The fourth-order valence-electron chi connectivity index (χ4n) is 1.51. The maximum absolute atomic E-state index is 12.0. The summed E-state index contributed by atoms with van der Waals surface area (Å²) in [5.74, 6) is -2.90. The van der Waals surface area contributed by atoms with Crippen molar-refractivity contribution in [3.05, 3.63) is 34.9 Å². The molecule has 0 radical (unpaired) electrons. The Labute approximate surface area is 127 Å². The number of carbonyl (C=O) groups excluding carboxylic acids is 1. The van der Waals surface area contributed by atoms with E-state index in [4.69, 9.17) is 16.7 Å².